The number of piperidine rings is 1. The molecular weight excluding hydrogens is 328 g/mol. The number of rotatable bonds is 2. The van der Waals surface area contributed by atoms with E-state index in [1.165, 1.54) is 7.11 Å². The molecule has 0 radical (unpaired) electrons. The molecular formula is C21H24N2O3. The van der Waals surface area contributed by atoms with Gasteiger partial charge in [-0.15, -0.1) is 0 Å². The summed E-state index contributed by atoms with van der Waals surface area (Å²) in [7, 11) is 1.45. The number of H-pyrrole nitrogens is 1. The highest BCUT2D eigenvalue weighted by molar-refractivity contribution is 5.92. The number of aromatic nitrogens is 1. The zero-order valence-electron chi connectivity index (χ0n) is 15.2. The molecule has 6 rings (SSSR count). The molecule has 0 amide bonds. The minimum absolute atomic E-state index is 0.129. The van der Waals surface area contributed by atoms with Gasteiger partial charge in [0, 0.05) is 28.9 Å². The highest BCUT2D eigenvalue weighted by Gasteiger charge is 2.65. The molecule has 0 spiro atoms. The van der Waals surface area contributed by atoms with Crippen LogP contribution in [0.15, 0.2) is 35.9 Å². The van der Waals surface area contributed by atoms with Gasteiger partial charge in [0.1, 0.15) is 6.04 Å². The number of esters is 1. The Hall–Kier alpha value is -2.11. The van der Waals surface area contributed by atoms with Crippen molar-refractivity contribution in [3.63, 3.8) is 0 Å². The fraction of sp³-hybridized carbons (Fsp3) is 0.476. The molecule has 4 aliphatic rings. The fourth-order valence-corrected chi connectivity index (χ4v) is 6.01. The van der Waals surface area contributed by atoms with E-state index in [4.69, 9.17) is 4.74 Å². The third-order valence-corrected chi connectivity index (χ3v) is 6.82. The SMILES string of the molecule is CCC1=CC2CC3(C(=O)OC)c4[nH]c5ccccc5c4CC[N+]([O-])(C2)C13. The van der Waals surface area contributed by atoms with E-state index in [9.17, 15) is 10.0 Å². The fourth-order valence-electron chi connectivity index (χ4n) is 6.01. The van der Waals surface area contributed by atoms with Crippen molar-refractivity contribution in [2.75, 3.05) is 20.2 Å². The van der Waals surface area contributed by atoms with E-state index < -0.39 is 5.41 Å². The number of hydrogen-bond donors (Lipinski definition) is 1. The van der Waals surface area contributed by atoms with E-state index in [1.807, 2.05) is 18.2 Å². The van der Waals surface area contributed by atoms with Crippen LogP contribution >= 0.6 is 0 Å². The summed E-state index contributed by atoms with van der Waals surface area (Å²) in [5, 5.41) is 15.1. The summed E-state index contributed by atoms with van der Waals surface area (Å²) in [6.07, 6.45) is 4.42. The number of quaternary nitrogens is 1. The number of carbonyl (C=O) groups excluding carboxylic acids is 1. The second kappa shape index (κ2) is 5.21. The predicted octanol–water partition coefficient (Wildman–Crippen LogP) is 3.19. The minimum Gasteiger partial charge on any atom is -0.632 e. The third-order valence-electron chi connectivity index (χ3n) is 6.82. The molecule has 136 valence electrons. The Balaban J connectivity index is 1.86. The van der Waals surface area contributed by atoms with Crippen molar-refractivity contribution < 1.29 is 14.2 Å². The highest BCUT2D eigenvalue weighted by atomic mass is 16.6. The average molecular weight is 352 g/mol. The lowest BCUT2D eigenvalue weighted by Gasteiger charge is -2.61. The average Bonchev–Trinajstić information content (AvgIpc) is 3.00. The summed E-state index contributed by atoms with van der Waals surface area (Å²) >= 11 is 0. The van der Waals surface area contributed by atoms with Crippen molar-refractivity contribution >= 4 is 16.9 Å². The van der Waals surface area contributed by atoms with Crippen LogP contribution in [0.5, 0.6) is 0 Å². The first-order valence-corrected chi connectivity index (χ1v) is 9.50. The van der Waals surface area contributed by atoms with Gasteiger partial charge in [-0.25, -0.2) is 0 Å². The van der Waals surface area contributed by atoms with Gasteiger partial charge in [0.05, 0.1) is 20.2 Å². The van der Waals surface area contributed by atoms with Gasteiger partial charge in [-0.3, -0.25) is 4.79 Å². The normalized spacial score (nSPS) is 35.0. The molecule has 1 saturated heterocycles. The molecule has 2 aromatic rings. The van der Waals surface area contributed by atoms with E-state index in [2.05, 4.69) is 24.1 Å². The second-order valence-corrected chi connectivity index (χ2v) is 8.06. The summed E-state index contributed by atoms with van der Waals surface area (Å²) in [4.78, 5) is 16.8. The van der Waals surface area contributed by atoms with Gasteiger partial charge >= 0.3 is 5.97 Å². The molecule has 4 atom stereocenters. The van der Waals surface area contributed by atoms with Crippen LogP contribution in [-0.2, 0) is 21.4 Å². The van der Waals surface area contributed by atoms with Crippen LogP contribution in [-0.4, -0.2) is 41.8 Å². The molecule has 1 fully saturated rings. The van der Waals surface area contributed by atoms with Gasteiger partial charge in [-0.05, 0) is 30.0 Å². The Morgan fingerprint density at radius 1 is 1.42 bits per heavy atom. The first kappa shape index (κ1) is 16.1. The van der Waals surface area contributed by atoms with Gasteiger partial charge in [-0.1, -0.05) is 31.2 Å². The van der Waals surface area contributed by atoms with Crippen LogP contribution < -0.4 is 0 Å². The van der Waals surface area contributed by atoms with Crippen LogP contribution in [0.1, 0.15) is 31.0 Å². The number of hydroxylamine groups is 3. The van der Waals surface area contributed by atoms with Gasteiger partial charge in [0.15, 0.2) is 5.41 Å². The first-order chi connectivity index (χ1) is 12.5. The molecule has 1 aromatic carbocycles. The van der Waals surface area contributed by atoms with Gasteiger partial charge in [-0.2, -0.15) is 0 Å². The molecule has 1 aliphatic carbocycles. The Morgan fingerprint density at radius 2 is 2.23 bits per heavy atom. The molecule has 0 saturated carbocycles. The monoisotopic (exact) mass is 352 g/mol. The number of aromatic amines is 1. The highest BCUT2D eigenvalue weighted by Crippen LogP contribution is 2.55. The lowest BCUT2D eigenvalue weighted by Crippen LogP contribution is -2.70. The number of ether oxygens (including phenoxy) is 1. The number of methoxy groups -OCH3 is 1. The number of nitrogens with zero attached hydrogens (tertiary/aromatic N) is 1. The molecule has 5 heteroatoms. The van der Waals surface area contributed by atoms with Crippen molar-refractivity contribution in [2.24, 2.45) is 5.92 Å². The van der Waals surface area contributed by atoms with Crippen LogP contribution in [0.25, 0.3) is 10.9 Å². The Labute approximate surface area is 152 Å². The Kier molecular flexibility index (Phi) is 3.22. The summed E-state index contributed by atoms with van der Waals surface area (Å²) in [5.74, 6) is -0.136. The van der Waals surface area contributed by atoms with Crippen molar-refractivity contribution in [1.82, 2.24) is 4.98 Å². The van der Waals surface area contributed by atoms with Crippen LogP contribution in [0.4, 0.5) is 0 Å². The molecule has 5 nitrogen and oxygen atoms in total. The van der Waals surface area contributed by atoms with Crippen molar-refractivity contribution in [3.05, 3.63) is 52.4 Å². The quantitative estimate of drug-likeness (QED) is 0.391. The minimum atomic E-state index is -0.898. The van der Waals surface area contributed by atoms with Crippen LogP contribution in [0.2, 0.25) is 0 Å². The van der Waals surface area contributed by atoms with E-state index in [-0.39, 0.29) is 22.6 Å². The predicted molar refractivity (Wildman–Crippen MR) is 99.3 cm³/mol. The van der Waals surface area contributed by atoms with Crippen molar-refractivity contribution in [2.45, 2.75) is 37.6 Å². The summed E-state index contributed by atoms with van der Waals surface area (Å²) in [5.41, 5.74) is 3.32. The van der Waals surface area contributed by atoms with Crippen LogP contribution in [0.3, 0.4) is 0 Å². The summed E-state index contributed by atoms with van der Waals surface area (Å²) < 4.78 is 5.03. The largest absolute Gasteiger partial charge is 0.632 e. The number of para-hydroxylation sites is 1. The topological polar surface area (TPSA) is 65.2 Å². The van der Waals surface area contributed by atoms with Crippen LogP contribution in [0, 0.1) is 11.1 Å². The molecule has 3 aliphatic heterocycles. The molecule has 1 aromatic heterocycles. The maximum atomic E-state index is 13.9. The molecule has 1 N–H and O–H groups in total. The number of fused-ring (bicyclic) bond motifs is 3. The van der Waals surface area contributed by atoms with E-state index in [0.29, 0.717) is 25.9 Å². The number of benzene rings is 1. The Bertz CT molecular complexity index is 946. The number of nitrogens with one attached hydrogen (secondary N) is 1. The van der Waals surface area contributed by atoms with E-state index >= 15 is 0 Å². The second-order valence-electron chi connectivity index (χ2n) is 8.06. The summed E-state index contributed by atoms with van der Waals surface area (Å²) in [6, 6.07) is 7.78. The van der Waals surface area contributed by atoms with Gasteiger partial charge in [0.2, 0.25) is 0 Å². The molecule has 4 heterocycles. The molecule has 26 heavy (non-hydrogen) atoms. The lowest BCUT2D eigenvalue weighted by atomic mass is 9.60. The van der Waals surface area contributed by atoms with Gasteiger partial charge < -0.3 is 19.6 Å². The van der Waals surface area contributed by atoms with Gasteiger partial charge in [0.25, 0.3) is 0 Å². The van der Waals surface area contributed by atoms with Crippen molar-refractivity contribution in [3.8, 4) is 0 Å². The third kappa shape index (κ3) is 1.80. The molecule has 4 bridgehead atoms. The standard InChI is InChI=1S/C21H24N2O3/c1-3-14-10-13-11-21(20(24)26-2)18-16(8-9-23(25,12-13)19(14)21)15-6-4-5-7-17(15)22-18/h4-7,10,13,19,22H,3,8-9,11-12H2,1-2H3. The smallest absolute Gasteiger partial charge is 0.324 e. The Morgan fingerprint density at radius 3 is 3.00 bits per heavy atom. The summed E-state index contributed by atoms with van der Waals surface area (Å²) in [6.45, 7) is 3.18. The lowest BCUT2D eigenvalue weighted by molar-refractivity contribution is -0.913. The number of carbonyl (C=O) groups is 1. The van der Waals surface area contributed by atoms with E-state index in [1.54, 1.807) is 0 Å². The number of hydrogen-bond acceptors (Lipinski definition) is 3. The molecule has 4 unspecified atom stereocenters. The van der Waals surface area contributed by atoms with E-state index in [0.717, 1.165) is 34.2 Å². The maximum Gasteiger partial charge on any atom is 0.324 e. The maximum absolute atomic E-state index is 13.9. The zero-order chi connectivity index (χ0) is 18.1. The zero-order valence-corrected chi connectivity index (χ0v) is 15.2. The first-order valence-electron chi connectivity index (χ1n) is 9.50. The van der Waals surface area contributed by atoms with Crippen molar-refractivity contribution in [1.29, 1.82) is 0 Å².